The Kier molecular flexibility index (Phi) is 5.57. The Labute approximate surface area is 154 Å². The third-order valence-electron chi connectivity index (χ3n) is 3.35. The van der Waals surface area contributed by atoms with Crippen molar-refractivity contribution in [3.05, 3.63) is 64.9 Å². The van der Waals surface area contributed by atoms with Crippen LogP contribution in [0.3, 0.4) is 0 Å². The number of hydrogen-bond acceptors (Lipinski definition) is 6. The first-order chi connectivity index (χ1) is 12.2. The van der Waals surface area contributed by atoms with E-state index in [2.05, 4.69) is 15.3 Å². The van der Waals surface area contributed by atoms with E-state index in [1.54, 1.807) is 22.9 Å². The average molecular weight is 375 g/mol. The Bertz CT molecular complexity index is 881. The molecule has 1 N–H and O–H groups in total. The van der Waals surface area contributed by atoms with E-state index >= 15 is 0 Å². The second-order valence-electron chi connectivity index (χ2n) is 5.02. The molecule has 3 aromatic rings. The van der Waals surface area contributed by atoms with Crippen molar-refractivity contribution in [3.8, 4) is 11.5 Å². The standard InChI is InChI=1S/C17H15ClN4O2S/c1-24-15-4-2-3-13(16(15)23)9-20-22-11-19-21-17(22)25-10-12-5-7-14(18)8-6-12/h2-9,11,23H,10H2,1H3/b20-9+. The largest absolute Gasteiger partial charge is 0.504 e. The summed E-state index contributed by atoms with van der Waals surface area (Å²) in [5.41, 5.74) is 1.67. The Morgan fingerprint density at radius 2 is 2.08 bits per heavy atom. The number of nitrogens with zero attached hydrogens (tertiary/aromatic N) is 4. The number of aromatic nitrogens is 3. The summed E-state index contributed by atoms with van der Waals surface area (Å²) in [4.78, 5) is 0. The molecule has 25 heavy (non-hydrogen) atoms. The fourth-order valence-electron chi connectivity index (χ4n) is 2.05. The van der Waals surface area contributed by atoms with Gasteiger partial charge in [0.1, 0.15) is 6.33 Å². The van der Waals surface area contributed by atoms with Gasteiger partial charge in [-0.15, -0.1) is 10.2 Å². The lowest BCUT2D eigenvalue weighted by Gasteiger charge is -2.05. The highest BCUT2D eigenvalue weighted by molar-refractivity contribution is 7.98. The van der Waals surface area contributed by atoms with Crippen molar-refractivity contribution >= 4 is 29.6 Å². The molecule has 2 aromatic carbocycles. The molecule has 0 aliphatic carbocycles. The molecule has 0 radical (unpaired) electrons. The van der Waals surface area contributed by atoms with Crippen LogP contribution in [-0.2, 0) is 5.75 Å². The fraction of sp³-hybridized carbons (Fsp3) is 0.118. The monoisotopic (exact) mass is 374 g/mol. The van der Waals surface area contributed by atoms with Gasteiger partial charge in [-0.1, -0.05) is 41.6 Å². The molecular weight excluding hydrogens is 360 g/mol. The van der Waals surface area contributed by atoms with Crippen molar-refractivity contribution in [2.45, 2.75) is 10.9 Å². The van der Waals surface area contributed by atoms with E-state index in [-0.39, 0.29) is 5.75 Å². The van der Waals surface area contributed by atoms with E-state index < -0.39 is 0 Å². The van der Waals surface area contributed by atoms with Crippen LogP contribution in [0.25, 0.3) is 0 Å². The molecular formula is C17H15ClN4O2S. The van der Waals surface area contributed by atoms with Gasteiger partial charge in [0, 0.05) is 16.3 Å². The van der Waals surface area contributed by atoms with Gasteiger partial charge in [0.25, 0.3) is 0 Å². The first kappa shape index (κ1) is 17.3. The van der Waals surface area contributed by atoms with E-state index in [1.807, 2.05) is 24.3 Å². The number of rotatable bonds is 6. The molecule has 1 aromatic heterocycles. The smallest absolute Gasteiger partial charge is 0.212 e. The van der Waals surface area contributed by atoms with Gasteiger partial charge in [-0.3, -0.25) is 0 Å². The zero-order valence-electron chi connectivity index (χ0n) is 13.3. The zero-order chi connectivity index (χ0) is 17.6. The quantitative estimate of drug-likeness (QED) is 0.524. The molecule has 3 rings (SSSR count). The van der Waals surface area contributed by atoms with Gasteiger partial charge in [-0.25, -0.2) is 0 Å². The summed E-state index contributed by atoms with van der Waals surface area (Å²) < 4.78 is 6.64. The highest BCUT2D eigenvalue weighted by Crippen LogP contribution is 2.28. The van der Waals surface area contributed by atoms with Gasteiger partial charge in [-0.05, 0) is 29.8 Å². The molecule has 6 nitrogen and oxygen atoms in total. The molecule has 128 valence electrons. The highest BCUT2D eigenvalue weighted by Gasteiger charge is 2.07. The van der Waals surface area contributed by atoms with Gasteiger partial charge in [-0.2, -0.15) is 9.78 Å². The highest BCUT2D eigenvalue weighted by atomic mass is 35.5. The summed E-state index contributed by atoms with van der Waals surface area (Å²) in [6, 6.07) is 12.8. The van der Waals surface area contributed by atoms with Crippen LogP contribution in [0.5, 0.6) is 11.5 Å². The predicted octanol–water partition coefficient (Wildman–Crippen LogP) is 3.82. The first-order valence-electron chi connectivity index (χ1n) is 7.35. The van der Waals surface area contributed by atoms with E-state index in [1.165, 1.54) is 31.4 Å². The van der Waals surface area contributed by atoms with E-state index in [0.29, 0.717) is 21.5 Å². The van der Waals surface area contributed by atoms with Crippen LogP contribution in [-0.4, -0.2) is 33.3 Å². The maximum atomic E-state index is 10.1. The first-order valence-corrected chi connectivity index (χ1v) is 8.71. The molecule has 0 saturated heterocycles. The number of thioether (sulfide) groups is 1. The minimum atomic E-state index is 0.0391. The number of benzene rings is 2. The van der Waals surface area contributed by atoms with Crippen molar-refractivity contribution in [2.75, 3.05) is 7.11 Å². The van der Waals surface area contributed by atoms with Crippen LogP contribution in [0.1, 0.15) is 11.1 Å². The molecule has 0 fully saturated rings. The predicted molar refractivity (Wildman–Crippen MR) is 98.7 cm³/mol. The third kappa shape index (κ3) is 4.32. The van der Waals surface area contributed by atoms with Crippen LogP contribution >= 0.6 is 23.4 Å². The molecule has 0 aliphatic rings. The second kappa shape index (κ2) is 8.04. The van der Waals surface area contributed by atoms with Crippen LogP contribution in [0.2, 0.25) is 5.02 Å². The Hall–Kier alpha value is -2.51. The topological polar surface area (TPSA) is 72.5 Å². The lowest BCUT2D eigenvalue weighted by molar-refractivity contribution is 0.373. The molecule has 1 heterocycles. The number of halogens is 1. The summed E-state index contributed by atoms with van der Waals surface area (Å²) in [7, 11) is 1.50. The number of para-hydroxylation sites is 1. The normalized spacial score (nSPS) is 11.1. The number of hydrogen-bond donors (Lipinski definition) is 1. The minimum absolute atomic E-state index is 0.0391. The SMILES string of the molecule is COc1cccc(/C=N/n2cnnc2SCc2ccc(Cl)cc2)c1O. The van der Waals surface area contributed by atoms with Gasteiger partial charge >= 0.3 is 0 Å². The summed E-state index contributed by atoms with van der Waals surface area (Å²) in [5.74, 6) is 1.15. The number of phenols is 1. The average Bonchev–Trinajstić information content (AvgIpc) is 3.08. The maximum Gasteiger partial charge on any atom is 0.212 e. The third-order valence-corrected chi connectivity index (χ3v) is 4.61. The number of methoxy groups -OCH3 is 1. The number of phenolic OH excluding ortho intramolecular Hbond substituents is 1. The zero-order valence-corrected chi connectivity index (χ0v) is 14.9. The van der Waals surface area contributed by atoms with E-state index in [9.17, 15) is 5.11 Å². The lowest BCUT2D eigenvalue weighted by Crippen LogP contribution is -1.94. The molecule has 0 spiro atoms. The Morgan fingerprint density at radius 3 is 2.84 bits per heavy atom. The number of ether oxygens (including phenoxy) is 1. The van der Waals surface area contributed by atoms with Gasteiger partial charge in [0.2, 0.25) is 5.16 Å². The molecule has 0 aliphatic heterocycles. The van der Waals surface area contributed by atoms with Gasteiger partial charge < -0.3 is 9.84 Å². The summed E-state index contributed by atoms with van der Waals surface area (Å²) in [6.07, 6.45) is 3.05. The fourth-order valence-corrected chi connectivity index (χ4v) is 3.00. The van der Waals surface area contributed by atoms with Crippen molar-refractivity contribution in [3.63, 3.8) is 0 Å². The molecule has 8 heteroatoms. The Morgan fingerprint density at radius 1 is 1.28 bits per heavy atom. The van der Waals surface area contributed by atoms with Crippen molar-refractivity contribution in [1.82, 2.24) is 14.9 Å². The van der Waals surface area contributed by atoms with Crippen molar-refractivity contribution in [2.24, 2.45) is 5.10 Å². The molecule has 0 unspecified atom stereocenters. The molecule has 0 amide bonds. The van der Waals surface area contributed by atoms with Crippen molar-refractivity contribution in [1.29, 1.82) is 0 Å². The van der Waals surface area contributed by atoms with E-state index in [4.69, 9.17) is 16.3 Å². The molecule has 0 saturated carbocycles. The lowest BCUT2D eigenvalue weighted by atomic mass is 10.2. The molecule has 0 bridgehead atoms. The van der Waals surface area contributed by atoms with Crippen LogP contribution in [0, 0.1) is 0 Å². The van der Waals surface area contributed by atoms with Gasteiger partial charge in [0.15, 0.2) is 11.5 Å². The van der Waals surface area contributed by atoms with Crippen LogP contribution in [0.4, 0.5) is 0 Å². The summed E-state index contributed by atoms with van der Waals surface area (Å²) >= 11 is 7.39. The molecule has 0 atom stereocenters. The summed E-state index contributed by atoms with van der Waals surface area (Å²) in [6.45, 7) is 0. The van der Waals surface area contributed by atoms with E-state index in [0.717, 1.165) is 11.3 Å². The minimum Gasteiger partial charge on any atom is -0.504 e. The summed E-state index contributed by atoms with van der Waals surface area (Å²) in [5, 5.41) is 23.7. The Balaban J connectivity index is 1.72. The van der Waals surface area contributed by atoms with Crippen molar-refractivity contribution < 1.29 is 9.84 Å². The maximum absolute atomic E-state index is 10.1. The van der Waals surface area contributed by atoms with Crippen LogP contribution < -0.4 is 4.74 Å². The van der Waals surface area contributed by atoms with Gasteiger partial charge in [0.05, 0.1) is 13.3 Å². The number of aromatic hydroxyl groups is 1. The van der Waals surface area contributed by atoms with Crippen LogP contribution in [0.15, 0.2) is 59.0 Å². The second-order valence-corrected chi connectivity index (χ2v) is 6.39.